The zero-order chi connectivity index (χ0) is 21.6. The monoisotopic (exact) mass is 404 g/mol. The lowest BCUT2D eigenvalue weighted by molar-refractivity contribution is 0.0466. The third-order valence-electron chi connectivity index (χ3n) is 4.63. The van der Waals surface area contributed by atoms with E-state index in [4.69, 9.17) is 9.84 Å². The molecule has 3 rings (SSSR count). The number of hydrogen-bond donors (Lipinski definition) is 3. The topological polar surface area (TPSA) is 87.7 Å². The van der Waals surface area contributed by atoms with Gasteiger partial charge in [0.2, 0.25) is 0 Å². The van der Waals surface area contributed by atoms with Gasteiger partial charge in [-0.25, -0.2) is 9.59 Å². The molecule has 30 heavy (non-hydrogen) atoms. The zero-order valence-corrected chi connectivity index (χ0v) is 16.9. The van der Waals surface area contributed by atoms with Gasteiger partial charge in [0.15, 0.2) is 0 Å². The Morgan fingerprint density at radius 2 is 1.30 bits per heavy atom. The molecular formula is C24H24N2O4. The molecule has 3 aromatic carbocycles. The molecule has 6 heteroatoms. The first kappa shape index (κ1) is 20.9. The number of carboxylic acid groups (broad SMARTS) is 1. The summed E-state index contributed by atoms with van der Waals surface area (Å²) in [6.45, 7) is 3.70. The Hall–Kier alpha value is -3.80. The summed E-state index contributed by atoms with van der Waals surface area (Å²) in [6, 6.07) is 24.3. The smallest absolute Gasteiger partial charge is 0.412 e. The largest absolute Gasteiger partial charge is 0.465 e. The van der Waals surface area contributed by atoms with Gasteiger partial charge in [0.25, 0.3) is 0 Å². The molecule has 0 aliphatic heterocycles. The molecule has 0 radical (unpaired) electrons. The number of carbonyl (C=O) groups excluding carboxylic acids is 1. The number of anilines is 2. The van der Waals surface area contributed by atoms with E-state index in [0.717, 1.165) is 16.7 Å². The van der Waals surface area contributed by atoms with Crippen molar-refractivity contribution >= 4 is 23.6 Å². The maximum atomic E-state index is 12.3. The first-order chi connectivity index (χ1) is 14.3. The lowest BCUT2D eigenvalue weighted by Gasteiger charge is -2.25. The molecule has 0 fully saturated rings. The Labute approximate surface area is 175 Å². The molecule has 0 atom stereocenters. The Kier molecular flexibility index (Phi) is 6.37. The molecule has 0 unspecified atom stereocenters. The lowest BCUT2D eigenvalue weighted by atomic mass is 9.98. The van der Waals surface area contributed by atoms with Crippen LogP contribution < -0.4 is 10.6 Å². The average Bonchev–Trinajstić information content (AvgIpc) is 2.71. The summed E-state index contributed by atoms with van der Waals surface area (Å²) >= 11 is 0. The minimum absolute atomic E-state index is 0.516. The van der Waals surface area contributed by atoms with Crippen LogP contribution in [0.3, 0.4) is 0 Å². The number of nitrogens with one attached hydrogen (secondary N) is 2. The fourth-order valence-electron chi connectivity index (χ4n) is 3.04. The van der Waals surface area contributed by atoms with Crippen molar-refractivity contribution in [2.75, 3.05) is 10.6 Å². The van der Waals surface area contributed by atoms with E-state index < -0.39 is 17.8 Å². The number of hydrogen-bond acceptors (Lipinski definition) is 3. The van der Waals surface area contributed by atoms with E-state index in [-0.39, 0.29) is 0 Å². The van der Waals surface area contributed by atoms with E-state index in [9.17, 15) is 9.59 Å². The number of rotatable bonds is 6. The van der Waals surface area contributed by atoms with Crippen molar-refractivity contribution in [2.45, 2.75) is 25.9 Å². The third-order valence-corrected chi connectivity index (χ3v) is 4.63. The summed E-state index contributed by atoms with van der Waals surface area (Å²) in [5, 5.41) is 13.8. The molecule has 0 bridgehead atoms. The van der Waals surface area contributed by atoms with Gasteiger partial charge in [-0.05, 0) is 61.2 Å². The van der Waals surface area contributed by atoms with Crippen molar-refractivity contribution < 1.29 is 19.4 Å². The van der Waals surface area contributed by atoms with Crippen LogP contribution in [0.15, 0.2) is 78.9 Å². The Bertz CT molecular complexity index is 998. The van der Waals surface area contributed by atoms with Gasteiger partial charge in [-0.2, -0.15) is 0 Å². The molecule has 0 aliphatic rings. The van der Waals surface area contributed by atoms with Crippen LogP contribution in [0.25, 0.3) is 0 Å². The second kappa shape index (κ2) is 9.13. The highest BCUT2D eigenvalue weighted by molar-refractivity contribution is 5.85. The van der Waals surface area contributed by atoms with Crippen LogP contribution >= 0.6 is 0 Å². The second-order valence-electron chi connectivity index (χ2n) is 7.39. The van der Waals surface area contributed by atoms with Crippen molar-refractivity contribution in [1.29, 1.82) is 0 Å². The fraction of sp³-hybridized carbons (Fsp3) is 0.167. The van der Waals surface area contributed by atoms with Crippen LogP contribution in [0, 0.1) is 0 Å². The molecule has 0 heterocycles. The van der Waals surface area contributed by atoms with Gasteiger partial charge in [-0.3, -0.25) is 10.6 Å². The van der Waals surface area contributed by atoms with Gasteiger partial charge < -0.3 is 9.84 Å². The molecule has 6 nitrogen and oxygen atoms in total. The molecule has 0 saturated heterocycles. The minimum atomic E-state index is -1.09. The zero-order valence-electron chi connectivity index (χ0n) is 16.9. The maximum absolute atomic E-state index is 12.3. The van der Waals surface area contributed by atoms with Crippen LogP contribution in [0.2, 0.25) is 0 Å². The standard InChI is InChI=1S/C24H24N2O4/c1-24(2,19-6-4-3-5-7-19)30-23(29)26-21-14-10-18(11-15-21)16-17-8-12-20(13-9-17)25-22(27)28/h3-15,25H,16H2,1-2H3,(H,26,29)(H,27,28). The van der Waals surface area contributed by atoms with Gasteiger partial charge in [0, 0.05) is 11.4 Å². The van der Waals surface area contributed by atoms with Crippen molar-refractivity contribution in [2.24, 2.45) is 0 Å². The second-order valence-corrected chi connectivity index (χ2v) is 7.39. The molecule has 0 saturated carbocycles. The van der Waals surface area contributed by atoms with Gasteiger partial charge in [0.05, 0.1) is 0 Å². The quantitative estimate of drug-likeness (QED) is 0.481. The van der Waals surface area contributed by atoms with Gasteiger partial charge in [-0.15, -0.1) is 0 Å². The van der Waals surface area contributed by atoms with Crippen LogP contribution in [0.1, 0.15) is 30.5 Å². The van der Waals surface area contributed by atoms with E-state index in [1.54, 1.807) is 12.1 Å². The van der Waals surface area contributed by atoms with Gasteiger partial charge in [0.1, 0.15) is 5.60 Å². The number of carbonyl (C=O) groups is 2. The predicted molar refractivity (Wildman–Crippen MR) is 117 cm³/mol. The predicted octanol–water partition coefficient (Wildman–Crippen LogP) is 5.85. The van der Waals surface area contributed by atoms with Crippen molar-refractivity contribution in [3.63, 3.8) is 0 Å². The van der Waals surface area contributed by atoms with Crippen molar-refractivity contribution in [3.8, 4) is 0 Å². The van der Waals surface area contributed by atoms with E-state index in [2.05, 4.69) is 10.6 Å². The first-order valence-corrected chi connectivity index (χ1v) is 9.55. The van der Waals surface area contributed by atoms with Crippen LogP contribution in [-0.4, -0.2) is 17.3 Å². The minimum Gasteiger partial charge on any atom is -0.465 e. The van der Waals surface area contributed by atoms with E-state index in [1.807, 2.05) is 80.6 Å². The van der Waals surface area contributed by atoms with E-state index >= 15 is 0 Å². The van der Waals surface area contributed by atoms with Crippen LogP contribution in [-0.2, 0) is 16.8 Å². The van der Waals surface area contributed by atoms with E-state index in [0.29, 0.717) is 17.8 Å². The first-order valence-electron chi connectivity index (χ1n) is 9.55. The van der Waals surface area contributed by atoms with Crippen LogP contribution in [0.5, 0.6) is 0 Å². The van der Waals surface area contributed by atoms with E-state index in [1.165, 1.54) is 0 Å². The lowest BCUT2D eigenvalue weighted by Crippen LogP contribution is -2.28. The summed E-state index contributed by atoms with van der Waals surface area (Å²) in [4.78, 5) is 23.0. The normalized spacial score (nSPS) is 10.9. The summed E-state index contributed by atoms with van der Waals surface area (Å²) in [5.41, 5.74) is 3.47. The molecule has 3 N–H and O–H groups in total. The molecule has 0 spiro atoms. The van der Waals surface area contributed by atoms with Gasteiger partial charge >= 0.3 is 12.2 Å². The summed E-state index contributed by atoms with van der Waals surface area (Å²) in [6.07, 6.45) is -0.909. The highest BCUT2D eigenvalue weighted by Gasteiger charge is 2.25. The summed E-state index contributed by atoms with van der Waals surface area (Å²) < 4.78 is 5.59. The van der Waals surface area contributed by atoms with Gasteiger partial charge in [-0.1, -0.05) is 54.6 Å². The molecular weight excluding hydrogens is 380 g/mol. The maximum Gasteiger partial charge on any atom is 0.412 e. The average molecular weight is 404 g/mol. The Morgan fingerprint density at radius 1 is 0.800 bits per heavy atom. The van der Waals surface area contributed by atoms with Crippen LogP contribution in [0.4, 0.5) is 21.0 Å². The Balaban J connectivity index is 1.56. The number of benzene rings is 3. The molecule has 0 aliphatic carbocycles. The number of ether oxygens (including phenoxy) is 1. The Morgan fingerprint density at radius 3 is 1.80 bits per heavy atom. The highest BCUT2D eigenvalue weighted by atomic mass is 16.6. The van der Waals surface area contributed by atoms with Crippen molar-refractivity contribution in [3.05, 3.63) is 95.6 Å². The van der Waals surface area contributed by atoms with Crippen molar-refractivity contribution in [1.82, 2.24) is 0 Å². The number of amides is 2. The molecule has 2 amide bonds. The third kappa shape index (κ3) is 5.85. The molecule has 3 aromatic rings. The molecule has 154 valence electrons. The summed E-state index contributed by atoms with van der Waals surface area (Å²) in [5.74, 6) is 0. The summed E-state index contributed by atoms with van der Waals surface area (Å²) in [7, 11) is 0. The molecule has 0 aromatic heterocycles. The SMILES string of the molecule is CC(C)(OC(=O)Nc1ccc(Cc2ccc(NC(=O)O)cc2)cc1)c1ccccc1. The highest BCUT2D eigenvalue weighted by Crippen LogP contribution is 2.25. The fourth-order valence-corrected chi connectivity index (χ4v) is 3.04.